The molecule has 3 nitrogen and oxygen atoms in total. The van der Waals surface area contributed by atoms with Gasteiger partial charge in [0.25, 0.3) is 0 Å². The summed E-state index contributed by atoms with van der Waals surface area (Å²) < 4.78 is 31.1. The molecule has 0 atom stereocenters. The Morgan fingerprint density at radius 1 is 1.25 bits per heavy atom. The van der Waals surface area contributed by atoms with Crippen molar-refractivity contribution >= 4 is 11.6 Å². The minimum absolute atomic E-state index is 0.0267. The van der Waals surface area contributed by atoms with Crippen LogP contribution in [0.2, 0.25) is 5.02 Å². The van der Waals surface area contributed by atoms with E-state index in [1.165, 1.54) is 12.5 Å². The highest BCUT2D eigenvalue weighted by Crippen LogP contribution is 2.28. The van der Waals surface area contributed by atoms with Gasteiger partial charge in [-0.05, 0) is 12.1 Å². The van der Waals surface area contributed by atoms with Crippen LogP contribution in [0.5, 0.6) is 11.6 Å². The van der Waals surface area contributed by atoms with Gasteiger partial charge in [-0.2, -0.15) is 0 Å². The number of hydrogen-bond acceptors (Lipinski definition) is 3. The normalized spacial score (nSPS) is 10.2. The Hall–Kier alpha value is -1.75. The van der Waals surface area contributed by atoms with Crippen molar-refractivity contribution in [3.05, 3.63) is 47.4 Å². The summed E-state index contributed by atoms with van der Waals surface area (Å²) in [4.78, 5) is 7.33. The third-order valence-electron chi connectivity index (χ3n) is 1.73. The SMILES string of the molecule is Fc1ccc(F)c(Oc2ncncc2Cl)c1. The van der Waals surface area contributed by atoms with Crippen LogP contribution in [-0.4, -0.2) is 9.97 Å². The number of aromatic nitrogens is 2. The highest BCUT2D eigenvalue weighted by Gasteiger charge is 2.09. The molecule has 0 N–H and O–H groups in total. The van der Waals surface area contributed by atoms with Crippen molar-refractivity contribution in [2.24, 2.45) is 0 Å². The average Bonchev–Trinajstić information content (AvgIpc) is 2.27. The van der Waals surface area contributed by atoms with Crippen LogP contribution in [0.1, 0.15) is 0 Å². The molecule has 0 spiro atoms. The van der Waals surface area contributed by atoms with Crippen molar-refractivity contribution in [3.8, 4) is 11.6 Å². The van der Waals surface area contributed by atoms with E-state index in [0.717, 1.165) is 18.2 Å². The van der Waals surface area contributed by atoms with Crippen LogP contribution >= 0.6 is 11.6 Å². The number of hydrogen-bond donors (Lipinski definition) is 0. The van der Waals surface area contributed by atoms with Gasteiger partial charge in [-0.1, -0.05) is 11.6 Å². The summed E-state index contributed by atoms with van der Waals surface area (Å²) in [6, 6.07) is 2.86. The van der Waals surface area contributed by atoms with E-state index in [-0.39, 0.29) is 16.7 Å². The highest BCUT2D eigenvalue weighted by atomic mass is 35.5. The molecular formula is C10H5ClF2N2O. The van der Waals surface area contributed by atoms with Crippen LogP contribution < -0.4 is 4.74 Å². The Kier molecular flexibility index (Phi) is 2.96. The molecule has 2 rings (SSSR count). The van der Waals surface area contributed by atoms with E-state index < -0.39 is 11.6 Å². The first kappa shape index (κ1) is 10.8. The number of rotatable bonds is 2. The summed E-state index contributed by atoms with van der Waals surface area (Å²) >= 11 is 5.70. The summed E-state index contributed by atoms with van der Waals surface area (Å²) in [5, 5.41) is 0.117. The molecule has 0 aliphatic heterocycles. The van der Waals surface area contributed by atoms with Gasteiger partial charge in [0.1, 0.15) is 17.2 Å². The highest BCUT2D eigenvalue weighted by molar-refractivity contribution is 6.31. The first-order valence-corrected chi connectivity index (χ1v) is 4.63. The Morgan fingerprint density at radius 3 is 2.81 bits per heavy atom. The second-order valence-electron chi connectivity index (χ2n) is 2.85. The fourth-order valence-electron chi connectivity index (χ4n) is 1.04. The van der Waals surface area contributed by atoms with Gasteiger partial charge in [0.15, 0.2) is 11.6 Å². The molecule has 1 aromatic carbocycles. The minimum atomic E-state index is -0.698. The van der Waals surface area contributed by atoms with Crippen LogP contribution in [-0.2, 0) is 0 Å². The molecule has 6 heteroatoms. The summed E-state index contributed by atoms with van der Waals surface area (Å²) in [7, 11) is 0. The predicted octanol–water partition coefficient (Wildman–Crippen LogP) is 3.20. The molecule has 0 bridgehead atoms. The maximum Gasteiger partial charge on any atom is 0.241 e. The topological polar surface area (TPSA) is 35.0 Å². The molecule has 0 saturated heterocycles. The van der Waals surface area contributed by atoms with E-state index in [9.17, 15) is 8.78 Å². The first-order valence-electron chi connectivity index (χ1n) is 4.25. The molecule has 0 aliphatic carbocycles. The molecule has 0 aliphatic rings. The first-order chi connectivity index (χ1) is 7.66. The summed E-state index contributed by atoms with van der Waals surface area (Å²) in [6.45, 7) is 0. The lowest BCUT2D eigenvalue weighted by atomic mass is 10.3. The van der Waals surface area contributed by atoms with Gasteiger partial charge in [-0.3, -0.25) is 0 Å². The van der Waals surface area contributed by atoms with Gasteiger partial charge in [0.2, 0.25) is 5.88 Å². The van der Waals surface area contributed by atoms with Crippen LogP contribution in [0.25, 0.3) is 0 Å². The standard InChI is InChI=1S/C10H5ClF2N2O/c11-7-4-14-5-15-10(7)16-9-3-6(12)1-2-8(9)13/h1-5H. The van der Waals surface area contributed by atoms with Crippen molar-refractivity contribution in [3.63, 3.8) is 0 Å². The lowest BCUT2D eigenvalue weighted by molar-refractivity contribution is 0.422. The summed E-state index contributed by atoms with van der Waals surface area (Å²) in [5.41, 5.74) is 0. The molecular weight excluding hydrogens is 238 g/mol. The van der Waals surface area contributed by atoms with E-state index in [0.29, 0.717) is 0 Å². The molecule has 0 radical (unpaired) electrons. The molecule has 0 fully saturated rings. The van der Waals surface area contributed by atoms with E-state index in [1.54, 1.807) is 0 Å². The van der Waals surface area contributed by atoms with Crippen molar-refractivity contribution in [1.29, 1.82) is 0 Å². The maximum absolute atomic E-state index is 13.2. The smallest absolute Gasteiger partial charge is 0.241 e. The average molecular weight is 243 g/mol. The lowest BCUT2D eigenvalue weighted by Crippen LogP contribution is -1.93. The third-order valence-corrected chi connectivity index (χ3v) is 1.99. The quantitative estimate of drug-likeness (QED) is 0.811. The largest absolute Gasteiger partial charge is 0.434 e. The molecule has 0 saturated carbocycles. The number of ether oxygens (including phenoxy) is 1. The molecule has 0 amide bonds. The molecule has 1 heterocycles. The predicted molar refractivity (Wildman–Crippen MR) is 53.5 cm³/mol. The van der Waals surface area contributed by atoms with E-state index in [4.69, 9.17) is 16.3 Å². The summed E-state index contributed by atoms with van der Waals surface area (Å²) in [5.74, 6) is -1.61. The Morgan fingerprint density at radius 2 is 2.06 bits per heavy atom. The Labute approximate surface area is 94.7 Å². The molecule has 0 unspecified atom stereocenters. The summed E-state index contributed by atoms with van der Waals surface area (Å²) in [6.07, 6.45) is 2.49. The molecule has 82 valence electrons. The Balaban J connectivity index is 2.34. The monoisotopic (exact) mass is 242 g/mol. The Bertz CT molecular complexity index is 522. The molecule has 1 aromatic heterocycles. The van der Waals surface area contributed by atoms with Crippen molar-refractivity contribution in [1.82, 2.24) is 9.97 Å². The van der Waals surface area contributed by atoms with Gasteiger partial charge in [0.05, 0.1) is 6.20 Å². The molecule has 2 aromatic rings. The van der Waals surface area contributed by atoms with Crippen molar-refractivity contribution in [2.75, 3.05) is 0 Å². The van der Waals surface area contributed by atoms with E-state index in [1.807, 2.05) is 0 Å². The number of benzene rings is 1. The van der Waals surface area contributed by atoms with Crippen LogP contribution in [0.4, 0.5) is 8.78 Å². The van der Waals surface area contributed by atoms with E-state index in [2.05, 4.69) is 9.97 Å². The van der Waals surface area contributed by atoms with Gasteiger partial charge >= 0.3 is 0 Å². The lowest BCUT2D eigenvalue weighted by Gasteiger charge is -2.06. The number of nitrogens with zero attached hydrogens (tertiary/aromatic N) is 2. The van der Waals surface area contributed by atoms with Crippen LogP contribution in [0.3, 0.4) is 0 Å². The van der Waals surface area contributed by atoms with Crippen molar-refractivity contribution in [2.45, 2.75) is 0 Å². The second-order valence-corrected chi connectivity index (χ2v) is 3.26. The zero-order valence-electron chi connectivity index (χ0n) is 7.82. The zero-order valence-corrected chi connectivity index (χ0v) is 8.58. The third kappa shape index (κ3) is 2.25. The fourth-order valence-corrected chi connectivity index (χ4v) is 1.18. The number of halogens is 3. The van der Waals surface area contributed by atoms with Crippen LogP contribution in [0.15, 0.2) is 30.7 Å². The van der Waals surface area contributed by atoms with Gasteiger partial charge < -0.3 is 4.74 Å². The van der Waals surface area contributed by atoms with Crippen LogP contribution in [0, 0.1) is 11.6 Å². The fraction of sp³-hybridized carbons (Fsp3) is 0. The van der Waals surface area contributed by atoms with Gasteiger partial charge in [-0.15, -0.1) is 0 Å². The van der Waals surface area contributed by atoms with E-state index >= 15 is 0 Å². The maximum atomic E-state index is 13.2. The molecule has 16 heavy (non-hydrogen) atoms. The zero-order chi connectivity index (χ0) is 11.5. The van der Waals surface area contributed by atoms with Gasteiger partial charge in [0, 0.05) is 6.07 Å². The van der Waals surface area contributed by atoms with Gasteiger partial charge in [-0.25, -0.2) is 18.7 Å². The second kappa shape index (κ2) is 4.40. The van der Waals surface area contributed by atoms with Crippen molar-refractivity contribution < 1.29 is 13.5 Å². The minimum Gasteiger partial charge on any atom is -0.434 e.